The molecule has 0 bridgehead atoms. The fourth-order valence-electron chi connectivity index (χ4n) is 2.92. The largest absolute Gasteiger partial charge is 0.416 e. The summed E-state index contributed by atoms with van der Waals surface area (Å²) in [7, 11) is 0. The van der Waals surface area contributed by atoms with Crippen LogP contribution in [-0.4, -0.2) is 23.6 Å². The number of rotatable bonds is 5. The maximum absolute atomic E-state index is 12.8. The number of halogens is 3. The van der Waals surface area contributed by atoms with E-state index in [1.807, 2.05) is 0 Å². The van der Waals surface area contributed by atoms with Crippen LogP contribution in [0.2, 0.25) is 0 Å². The van der Waals surface area contributed by atoms with Crippen LogP contribution < -0.4 is 10.8 Å². The van der Waals surface area contributed by atoms with E-state index in [1.165, 1.54) is 6.07 Å². The van der Waals surface area contributed by atoms with E-state index in [2.05, 4.69) is 5.32 Å². The lowest BCUT2D eigenvalue weighted by Gasteiger charge is -2.10. The number of carbonyl (C=O) groups is 2. The lowest BCUT2D eigenvalue weighted by atomic mass is 10.0. The third-order valence-electron chi connectivity index (χ3n) is 4.42. The molecule has 0 fully saturated rings. The maximum Gasteiger partial charge on any atom is 0.416 e. The number of hydroxylamine groups is 1. The molecule has 3 aromatic rings. The first-order valence-electron chi connectivity index (χ1n) is 8.70. The van der Waals surface area contributed by atoms with Crippen LogP contribution in [0.25, 0.3) is 10.8 Å². The van der Waals surface area contributed by atoms with Gasteiger partial charge < -0.3 is 5.32 Å². The van der Waals surface area contributed by atoms with Gasteiger partial charge in [0.05, 0.1) is 5.56 Å². The highest BCUT2D eigenvalue weighted by molar-refractivity contribution is 6.01. The van der Waals surface area contributed by atoms with Crippen molar-refractivity contribution in [1.82, 2.24) is 10.8 Å². The predicted octanol–water partition coefficient (Wildman–Crippen LogP) is 3.95. The summed E-state index contributed by atoms with van der Waals surface area (Å²) in [5.41, 5.74) is 1.89. The van der Waals surface area contributed by atoms with E-state index in [9.17, 15) is 22.8 Å². The van der Waals surface area contributed by atoms with Gasteiger partial charge in [-0.1, -0.05) is 30.3 Å². The molecule has 8 heteroatoms. The summed E-state index contributed by atoms with van der Waals surface area (Å²) >= 11 is 0. The van der Waals surface area contributed by atoms with Gasteiger partial charge in [-0.15, -0.1) is 0 Å². The van der Waals surface area contributed by atoms with Gasteiger partial charge in [-0.25, -0.2) is 5.48 Å². The van der Waals surface area contributed by atoms with E-state index in [0.29, 0.717) is 16.5 Å². The summed E-state index contributed by atoms with van der Waals surface area (Å²) in [6.07, 6.45) is -4.15. The molecule has 0 radical (unpaired) electrons. The van der Waals surface area contributed by atoms with Gasteiger partial charge in [0.15, 0.2) is 0 Å². The fraction of sp³-hybridized carbons (Fsp3) is 0.143. The van der Waals surface area contributed by atoms with Gasteiger partial charge >= 0.3 is 6.18 Å². The molecule has 0 saturated heterocycles. The Hall–Kier alpha value is -3.39. The first kappa shape index (κ1) is 20.3. The molecule has 0 aromatic heterocycles. The second-order valence-corrected chi connectivity index (χ2v) is 6.42. The van der Waals surface area contributed by atoms with Crippen molar-refractivity contribution < 1.29 is 28.0 Å². The zero-order valence-corrected chi connectivity index (χ0v) is 15.1. The van der Waals surface area contributed by atoms with Crippen LogP contribution in [0.3, 0.4) is 0 Å². The molecule has 0 unspecified atom stereocenters. The molecule has 0 aliphatic heterocycles. The normalized spacial score (nSPS) is 11.3. The average Bonchev–Trinajstić information content (AvgIpc) is 2.71. The van der Waals surface area contributed by atoms with E-state index in [0.717, 1.165) is 17.5 Å². The Labute approximate surface area is 164 Å². The maximum atomic E-state index is 12.8. The zero-order valence-electron chi connectivity index (χ0n) is 15.1. The minimum absolute atomic E-state index is 0.172. The van der Waals surface area contributed by atoms with Crippen LogP contribution >= 0.6 is 0 Å². The highest BCUT2D eigenvalue weighted by atomic mass is 19.4. The van der Waals surface area contributed by atoms with Gasteiger partial charge in [0, 0.05) is 17.7 Å². The highest BCUT2D eigenvalue weighted by Crippen LogP contribution is 2.29. The molecule has 2 amide bonds. The van der Waals surface area contributed by atoms with E-state index in [-0.39, 0.29) is 24.4 Å². The number of amides is 2. The highest BCUT2D eigenvalue weighted by Gasteiger charge is 2.30. The quantitative estimate of drug-likeness (QED) is 0.447. The number of benzene rings is 3. The second kappa shape index (κ2) is 8.32. The third kappa shape index (κ3) is 4.91. The first-order valence-corrected chi connectivity index (χ1v) is 8.70. The van der Waals surface area contributed by atoms with Crippen LogP contribution in [0.1, 0.15) is 31.8 Å². The summed E-state index contributed by atoms with van der Waals surface area (Å²) in [5, 5.41) is 12.9. The predicted molar refractivity (Wildman–Crippen MR) is 101 cm³/mol. The van der Waals surface area contributed by atoms with Crippen molar-refractivity contribution >= 4 is 22.6 Å². The third-order valence-corrected chi connectivity index (χ3v) is 4.42. The van der Waals surface area contributed by atoms with Gasteiger partial charge in [0.2, 0.25) is 0 Å². The topological polar surface area (TPSA) is 78.4 Å². The standard InChI is InChI=1S/C21H17F3N2O3/c22-21(23,24)18-3-1-2-13(10-18)8-9-25-19(27)15-6-4-14-5-7-16(20(28)26-29)12-17(14)11-15/h1-7,10-12,29H,8-9H2,(H,25,27)(H,26,28). The van der Waals surface area contributed by atoms with Gasteiger partial charge in [0.25, 0.3) is 11.8 Å². The Morgan fingerprint density at radius 2 is 1.52 bits per heavy atom. The molecule has 0 aliphatic rings. The van der Waals surface area contributed by atoms with Crippen LogP contribution in [0, 0.1) is 0 Å². The number of hydrogen-bond acceptors (Lipinski definition) is 3. The van der Waals surface area contributed by atoms with Crippen LogP contribution in [0.4, 0.5) is 13.2 Å². The molecule has 29 heavy (non-hydrogen) atoms. The van der Waals surface area contributed by atoms with Gasteiger partial charge in [0.1, 0.15) is 0 Å². The lowest BCUT2D eigenvalue weighted by molar-refractivity contribution is -0.137. The SMILES string of the molecule is O=C(NO)c1ccc2ccc(C(=O)NCCc3cccc(C(F)(F)F)c3)cc2c1. The molecule has 0 heterocycles. The first-order chi connectivity index (χ1) is 13.8. The molecule has 0 aliphatic carbocycles. The molecule has 0 atom stereocenters. The Morgan fingerprint density at radius 3 is 2.14 bits per heavy atom. The van der Waals surface area contributed by atoms with Crippen molar-refractivity contribution in [2.24, 2.45) is 0 Å². The van der Waals surface area contributed by atoms with E-state index in [1.54, 1.807) is 47.9 Å². The van der Waals surface area contributed by atoms with Crippen molar-refractivity contribution in [1.29, 1.82) is 0 Å². The smallest absolute Gasteiger partial charge is 0.352 e. The zero-order chi connectivity index (χ0) is 21.0. The molecule has 3 aromatic carbocycles. The monoisotopic (exact) mass is 402 g/mol. The van der Waals surface area contributed by atoms with E-state index in [4.69, 9.17) is 5.21 Å². The van der Waals surface area contributed by atoms with Gasteiger partial charge in [-0.05, 0) is 53.1 Å². The molecular weight excluding hydrogens is 385 g/mol. The van der Waals surface area contributed by atoms with Crippen LogP contribution in [0.5, 0.6) is 0 Å². The molecule has 0 saturated carbocycles. The Morgan fingerprint density at radius 1 is 0.862 bits per heavy atom. The van der Waals surface area contributed by atoms with Crippen molar-refractivity contribution in [3.05, 3.63) is 82.9 Å². The molecular formula is C21H17F3N2O3. The summed E-state index contributed by atoms with van der Waals surface area (Å²) in [4.78, 5) is 23.9. The molecule has 3 N–H and O–H groups in total. The fourth-order valence-corrected chi connectivity index (χ4v) is 2.92. The Kier molecular flexibility index (Phi) is 5.84. The number of carbonyl (C=O) groups excluding carboxylic acids is 2. The molecule has 3 rings (SSSR count). The molecule has 0 spiro atoms. The van der Waals surface area contributed by atoms with Crippen LogP contribution in [0.15, 0.2) is 60.7 Å². The second-order valence-electron chi connectivity index (χ2n) is 6.42. The lowest BCUT2D eigenvalue weighted by Crippen LogP contribution is -2.25. The van der Waals surface area contributed by atoms with Crippen molar-refractivity contribution in [2.45, 2.75) is 12.6 Å². The van der Waals surface area contributed by atoms with Gasteiger partial charge in [-0.3, -0.25) is 14.8 Å². The number of hydrogen-bond donors (Lipinski definition) is 3. The number of alkyl halides is 3. The van der Waals surface area contributed by atoms with Crippen molar-refractivity contribution in [3.63, 3.8) is 0 Å². The molecule has 5 nitrogen and oxygen atoms in total. The van der Waals surface area contributed by atoms with E-state index >= 15 is 0 Å². The Bertz CT molecular complexity index is 1060. The van der Waals surface area contributed by atoms with E-state index < -0.39 is 17.6 Å². The summed E-state index contributed by atoms with van der Waals surface area (Å²) in [6.45, 7) is 0.172. The van der Waals surface area contributed by atoms with Crippen molar-refractivity contribution in [3.8, 4) is 0 Å². The number of nitrogens with one attached hydrogen (secondary N) is 2. The molecule has 150 valence electrons. The Balaban J connectivity index is 1.67. The minimum atomic E-state index is -4.41. The van der Waals surface area contributed by atoms with Crippen molar-refractivity contribution in [2.75, 3.05) is 6.54 Å². The summed E-state index contributed by atoms with van der Waals surface area (Å²) in [6, 6.07) is 14.7. The average molecular weight is 402 g/mol. The summed E-state index contributed by atoms with van der Waals surface area (Å²) in [5.74, 6) is -1.04. The van der Waals surface area contributed by atoms with Crippen LogP contribution in [-0.2, 0) is 12.6 Å². The van der Waals surface area contributed by atoms with Gasteiger partial charge in [-0.2, -0.15) is 13.2 Å². The number of fused-ring (bicyclic) bond motifs is 1. The minimum Gasteiger partial charge on any atom is -0.352 e. The summed E-state index contributed by atoms with van der Waals surface area (Å²) < 4.78 is 38.3.